The number of pyridine rings is 1. The molecule has 0 bridgehead atoms. The van der Waals surface area contributed by atoms with E-state index in [0.29, 0.717) is 17.3 Å². The number of nitrogens with two attached hydrogens (primary N) is 1. The Morgan fingerprint density at radius 1 is 1.42 bits per heavy atom. The van der Waals surface area contributed by atoms with Gasteiger partial charge in [-0.05, 0) is 37.1 Å². The van der Waals surface area contributed by atoms with Gasteiger partial charge in [0.2, 0.25) is 0 Å². The molecule has 1 aromatic rings. The van der Waals surface area contributed by atoms with Gasteiger partial charge in [0, 0.05) is 31.5 Å². The summed E-state index contributed by atoms with van der Waals surface area (Å²) < 4.78 is 0. The second kappa shape index (κ2) is 7.11. The van der Waals surface area contributed by atoms with Crippen LogP contribution in [0, 0.1) is 0 Å². The molecule has 4 rings (SSSR count). The third kappa shape index (κ3) is 3.21. The molecule has 0 unspecified atom stereocenters. The van der Waals surface area contributed by atoms with E-state index in [1.165, 1.54) is 0 Å². The SMILES string of the molecule is N[C@@H]1CCCN(N2C(Cl)=CC=C3NCC(NC(=O)c4cccnc4)=C32)C1. The molecule has 3 aliphatic rings. The summed E-state index contributed by atoms with van der Waals surface area (Å²) in [5.74, 6) is -0.190. The van der Waals surface area contributed by atoms with Gasteiger partial charge in [0.1, 0.15) is 10.9 Å². The fourth-order valence-electron chi connectivity index (χ4n) is 3.48. The van der Waals surface area contributed by atoms with Gasteiger partial charge in [0.15, 0.2) is 0 Å². The van der Waals surface area contributed by atoms with Gasteiger partial charge in [-0.1, -0.05) is 11.6 Å². The van der Waals surface area contributed by atoms with E-state index in [2.05, 4.69) is 20.6 Å². The van der Waals surface area contributed by atoms with Crippen LogP contribution in [0.15, 0.2) is 58.9 Å². The minimum Gasteiger partial charge on any atom is -0.378 e. The van der Waals surface area contributed by atoms with E-state index >= 15 is 0 Å². The number of amides is 1. The zero-order valence-corrected chi connectivity index (χ0v) is 15.0. The van der Waals surface area contributed by atoms with E-state index < -0.39 is 0 Å². The lowest BCUT2D eigenvalue weighted by Gasteiger charge is -2.42. The molecule has 1 amide bonds. The summed E-state index contributed by atoms with van der Waals surface area (Å²) in [7, 11) is 0. The minimum absolute atomic E-state index is 0.117. The number of hydrogen-bond acceptors (Lipinski definition) is 6. The first-order valence-corrected chi connectivity index (χ1v) is 9.08. The van der Waals surface area contributed by atoms with Crippen molar-refractivity contribution in [2.75, 3.05) is 19.6 Å². The molecule has 1 aromatic heterocycles. The minimum atomic E-state index is -0.190. The van der Waals surface area contributed by atoms with Crippen molar-refractivity contribution in [1.82, 2.24) is 25.6 Å². The van der Waals surface area contributed by atoms with Gasteiger partial charge in [0.25, 0.3) is 5.91 Å². The third-order valence-electron chi connectivity index (χ3n) is 4.71. The molecular weight excluding hydrogens is 352 g/mol. The monoisotopic (exact) mass is 372 g/mol. The quantitative estimate of drug-likeness (QED) is 0.692. The summed E-state index contributed by atoms with van der Waals surface area (Å²) in [4.78, 5) is 16.6. The Labute approximate surface area is 157 Å². The molecule has 8 heteroatoms. The molecule has 3 aliphatic heterocycles. The summed E-state index contributed by atoms with van der Waals surface area (Å²) in [6, 6.07) is 3.60. The molecular formula is C18H21ClN6O. The molecule has 1 atom stereocenters. The van der Waals surface area contributed by atoms with Crippen molar-refractivity contribution in [3.63, 3.8) is 0 Å². The van der Waals surface area contributed by atoms with E-state index in [1.54, 1.807) is 24.5 Å². The first-order valence-electron chi connectivity index (χ1n) is 8.70. The first kappa shape index (κ1) is 17.1. The molecule has 4 heterocycles. The van der Waals surface area contributed by atoms with Crippen molar-refractivity contribution in [1.29, 1.82) is 0 Å². The van der Waals surface area contributed by atoms with Crippen molar-refractivity contribution in [3.8, 4) is 0 Å². The number of hydrazine groups is 1. The average molecular weight is 373 g/mol. The van der Waals surface area contributed by atoms with Crippen LogP contribution < -0.4 is 16.4 Å². The maximum absolute atomic E-state index is 12.6. The number of nitrogens with one attached hydrogen (secondary N) is 2. The lowest BCUT2D eigenvalue weighted by molar-refractivity contribution is 0.0225. The molecule has 1 fully saturated rings. The number of piperidine rings is 1. The maximum atomic E-state index is 12.6. The molecule has 4 N–H and O–H groups in total. The highest BCUT2D eigenvalue weighted by Gasteiger charge is 2.34. The van der Waals surface area contributed by atoms with Gasteiger partial charge in [0.05, 0.1) is 23.5 Å². The fraction of sp³-hybridized carbons (Fsp3) is 0.333. The van der Waals surface area contributed by atoms with Crippen molar-refractivity contribution in [3.05, 3.63) is 64.5 Å². The Kier molecular flexibility index (Phi) is 4.67. The van der Waals surface area contributed by atoms with Gasteiger partial charge in [-0.15, -0.1) is 0 Å². The van der Waals surface area contributed by atoms with Gasteiger partial charge >= 0.3 is 0 Å². The molecule has 136 valence electrons. The predicted octanol–water partition coefficient (Wildman–Crippen LogP) is 1.24. The van der Waals surface area contributed by atoms with Crippen LogP contribution in [0.3, 0.4) is 0 Å². The highest BCUT2D eigenvalue weighted by Crippen LogP contribution is 2.34. The molecule has 7 nitrogen and oxygen atoms in total. The fourth-order valence-corrected chi connectivity index (χ4v) is 3.73. The molecule has 0 aromatic carbocycles. The lowest BCUT2D eigenvalue weighted by Crippen LogP contribution is -2.51. The van der Waals surface area contributed by atoms with Crippen molar-refractivity contribution < 1.29 is 4.79 Å². The highest BCUT2D eigenvalue weighted by molar-refractivity contribution is 6.29. The van der Waals surface area contributed by atoms with E-state index in [0.717, 1.165) is 43.0 Å². The predicted molar refractivity (Wildman–Crippen MR) is 99.4 cm³/mol. The van der Waals surface area contributed by atoms with E-state index in [9.17, 15) is 4.79 Å². The number of rotatable bonds is 3. The largest absolute Gasteiger partial charge is 0.378 e. The summed E-state index contributed by atoms with van der Waals surface area (Å²) in [6.07, 6.45) is 9.01. The second-order valence-electron chi connectivity index (χ2n) is 6.57. The summed E-state index contributed by atoms with van der Waals surface area (Å²) in [6.45, 7) is 2.13. The van der Waals surface area contributed by atoms with Gasteiger partial charge < -0.3 is 16.4 Å². The molecule has 1 saturated heterocycles. The number of aromatic nitrogens is 1. The Balaban J connectivity index is 1.64. The van der Waals surface area contributed by atoms with Crippen LogP contribution in [-0.4, -0.2) is 46.6 Å². The summed E-state index contributed by atoms with van der Waals surface area (Å²) in [5.41, 5.74) is 9.27. The Morgan fingerprint density at radius 2 is 2.31 bits per heavy atom. The Hall–Kier alpha value is -2.35. The van der Waals surface area contributed by atoms with Crippen LogP contribution in [0.4, 0.5) is 0 Å². The number of halogens is 1. The van der Waals surface area contributed by atoms with Crippen LogP contribution in [0.1, 0.15) is 23.2 Å². The van der Waals surface area contributed by atoms with Gasteiger partial charge in [-0.3, -0.25) is 14.8 Å². The number of carbonyl (C=O) groups is 1. The number of allylic oxidation sites excluding steroid dienone is 2. The number of fused-ring (bicyclic) bond motifs is 1. The molecule has 0 spiro atoms. The summed E-state index contributed by atoms with van der Waals surface area (Å²) >= 11 is 6.52. The number of nitrogens with zero attached hydrogens (tertiary/aromatic N) is 3. The van der Waals surface area contributed by atoms with Crippen LogP contribution in [-0.2, 0) is 0 Å². The number of carbonyl (C=O) groups excluding carboxylic acids is 1. The van der Waals surface area contributed by atoms with Crippen LogP contribution >= 0.6 is 11.6 Å². The van der Waals surface area contributed by atoms with Crippen LogP contribution in [0.25, 0.3) is 0 Å². The van der Waals surface area contributed by atoms with E-state index in [1.807, 2.05) is 17.2 Å². The van der Waals surface area contributed by atoms with Crippen molar-refractivity contribution >= 4 is 17.5 Å². The van der Waals surface area contributed by atoms with E-state index in [4.69, 9.17) is 17.3 Å². The van der Waals surface area contributed by atoms with Crippen molar-refractivity contribution in [2.45, 2.75) is 18.9 Å². The van der Waals surface area contributed by atoms with Crippen molar-refractivity contribution in [2.24, 2.45) is 5.73 Å². The first-order chi connectivity index (χ1) is 12.6. The Bertz CT molecular complexity index is 803. The number of hydrogen-bond donors (Lipinski definition) is 3. The molecule has 26 heavy (non-hydrogen) atoms. The maximum Gasteiger partial charge on any atom is 0.257 e. The zero-order valence-electron chi connectivity index (χ0n) is 14.3. The normalized spacial score (nSPS) is 23.2. The zero-order chi connectivity index (χ0) is 18.1. The van der Waals surface area contributed by atoms with E-state index in [-0.39, 0.29) is 11.9 Å². The standard InChI is InChI=1S/C18H21ClN6O/c19-16-6-5-14-17(25(16)24-8-2-4-13(20)11-24)15(10-22-14)23-18(26)12-3-1-7-21-9-12/h1,3,5-7,9,13,22H,2,4,8,10-11,20H2,(H,23,26)/t13-/m1/s1. The Morgan fingerprint density at radius 3 is 3.08 bits per heavy atom. The van der Waals surface area contributed by atoms with Gasteiger partial charge in [-0.25, -0.2) is 5.01 Å². The molecule has 0 saturated carbocycles. The van der Waals surface area contributed by atoms with Gasteiger partial charge in [-0.2, -0.15) is 0 Å². The molecule has 0 aliphatic carbocycles. The topological polar surface area (TPSA) is 86.5 Å². The third-order valence-corrected chi connectivity index (χ3v) is 4.99. The smallest absolute Gasteiger partial charge is 0.257 e. The summed E-state index contributed by atoms with van der Waals surface area (Å²) in [5, 5.41) is 11.0. The van der Waals surface area contributed by atoms with Crippen LogP contribution in [0.2, 0.25) is 0 Å². The van der Waals surface area contributed by atoms with Crippen LogP contribution in [0.5, 0.6) is 0 Å². The lowest BCUT2D eigenvalue weighted by atomic mass is 10.1. The molecule has 0 radical (unpaired) electrons. The average Bonchev–Trinajstić information content (AvgIpc) is 3.05. The second-order valence-corrected chi connectivity index (χ2v) is 6.96. The highest BCUT2D eigenvalue weighted by atomic mass is 35.5.